The Morgan fingerprint density at radius 1 is 0.903 bits per heavy atom. The van der Waals surface area contributed by atoms with Crippen molar-refractivity contribution in [2.24, 2.45) is 0 Å². The van der Waals surface area contributed by atoms with Gasteiger partial charge in [0.25, 0.3) is 0 Å². The Morgan fingerprint density at radius 3 is 2.23 bits per heavy atom. The summed E-state index contributed by atoms with van der Waals surface area (Å²) in [5.74, 6) is 0.653. The average molecular weight is 418 g/mol. The van der Waals surface area contributed by atoms with E-state index >= 15 is 0 Å². The number of piperazine rings is 1. The van der Waals surface area contributed by atoms with Crippen LogP contribution in [0.4, 0.5) is 0 Å². The van der Waals surface area contributed by atoms with Crippen LogP contribution in [0.3, 0.4) is 0 Å². The van der Waals surface area contributed by atoms with E-state index in [1.54, 1.807) is 0 Å². The van der Waals surface area contributed by atoms with E-state index in [-0.39, 0.29) is 24.3 Å². The summed E-state index contributed by atoms with van der Waals surface area (Å²) in [7, 11) is 0. The molecule has 0 saturated carbocycles. The summed E-state index contributed by atoms with van der Waals surface area (Å²) < 4.78 is 0. The number of nitrogens with one attached hydrogen (secondary N) is 1. The van der Waals surface area contributed by atoms with Gasteiger partial charge in [-0.15, -0.1) is 0 Å². The van der Waals surface area contributed by atoms with Crippen molar-refractivity contribution in [3.05, 3.63) is 71.3 Å². The number of carbonyl (C=O) groups excluding carboxylic acids is 2. The maximum absolute atomic E-state index is 13.2. The van der Waals surface area contributed by atoms with E-state index in [2.05, 4.69) is 58.7 Å². The number of nitrogens with zero attached hydrogens (tertiary/aromatic N) is 2. The van der Waals surface area contributed by atoms with Gasteiger partial charge in [0.2, 0.25) is 11.8 Å². The van der Waals surface area contributed by atoms with Crippen LogP contribution >= 0.6 is 0 Å². The third-order valence-corrected chi connectivity index (χ3v) is 7.36. The van der Waals surface area contributed by atoms with Crippen LogP contribution in [0.25, 0.3) is 0 Å². The van der Waals surface area contributed by atoms with Gasteiger partial charge >= 0.3 is 0 Å². The highest BCUT2D eigenvalue weighted by molar-refractivity contribution is 5.89. The van der Waals surface area contributed by atoms with E-state index in [9.17, 15) is 9.59 Å². The van der Waals surface area contributed by atoms with Crippen LogP contribution in [-0.4, -0.2) is 59.9 Å². The van der Waals surface area contributed by atoms with Crippen molar-refractivity contribution in [3.8, 4) is 0 Å². The molecule has 2 amide bonds. The Balaban J connectivity index is 1.22. The molecule has 31 heavy (non-hydrogen) atoms. The molecule has 2 heterocycles. The van der Waals surface area contributed by atoms with E-state index in [1.807, 2.05) is 11.0 Å². The first kappa shape index (κ1) is 20.3. The zero-order chi connectivity index (χ0) is 21.2. The summed E-state index contributed by atoms with van der Waals surface area (Å²) in [6, 6.07) is 19.1. The second kappa shape index (κ2) is 8.83. The topological polar surface area (TPSA) is 52.7 Å². The Labute approximate surface area is 184 Å². The highest BCUT2D eigenvalue weighted by Gasteiger charge is 2.39. The number of hydrogen-bond donors (Lipinski definition) is 1. The lowest BCUT2D eigenvalue weighted by atomic mass is 9.89. The minimum Gasteiger partial charge on any atom is -0.353 e. The molecule has 0 radical (unpaired) electrons. The molecule has 162 valence electrons. The normalized spacial score (nSPS) is 22.9. The molecular weight excluding hydrogens is 386 g/mol. The van der Waals surface area contributed by atoms with Crippen molar-refractivity contribution in [1.29, 1.82) is 0 Å². The Bertz CT molecular complexity index is 912. The summed E-state index contributed by atoms with van der Waals surface area (Å²) in [5.41, 5.74) is 4.13. The van der Waals surface area contributed by atoms with Crippen molar-refractivity contribution >= 4 is 11.8 Å². The number of carbonyl (C=O) groups is 2. The van der Waals surface area contributed by atoms with E-state index in [1.165, 1.54) is 16.7 Å². The zero-order valence-electron chi connectivity index (χ0n) is 18.0. The maximum Gasteiger partial charge on any atom is 0.237 e. The molecule has 0 bridgehead atoms. The van der Waals surface area contributed by atoms with Gasteiger partial charge in [-0.2, -0.15) is 0 Å². The molecule has 5 nitrogen and oxygen atoms in total. The first-order chi connectivity index (χ1) is 15.2. The quantitative estimate of drug-likeness (QED) is 0.832. The largest absolute Gasteiger partial charge is 0.353 e. The van der Waals surface area contributed by atoms with E-state index in [4.69, 9.17) is 0 Å². The maximum atomic E-state index is 13.2. The molecule has 5 rings (SSSR count). The van der Waals surface area contributed by atoms with Crippen LogP contribution in [0, 0.1) is 0 Å². The lowest BCUT2D eigenvalue weighted by Gasteiger charge is -2.40. The molecule has 0 spiro atoms. The minimum absolute atomic E-state index is 0.00901. The summed E-state index contributed by atoms with van der Waals surface area (Å²) in [4.78, 5) is 30.2. The van der Waals surface area contributed by atoms with Crippen LogP contribution in [0.1, 0.15) is 41.9 Å². The predicted octanol–water partition coefficient (Wildman–Crippen LogP) is 2.75. The molecule has 1 aliphatic carbocycles. The fraction of sp³-hybridized carbons (Fsp3) is 0.462. The summed E-state index contributed by atoms with van der Waals surface area (Å²) in [5, 5.41) is 2.99. The summed E-state index contributed by atoms with van der Waals surface area (Å²) in [6.45, 7) is 3.04. The van der Waals surface area contributed by atoms with Crippen LogP contribution < -0.4 is 5.32 Å². The van der Waals surface area contributed by atoms with Crippen LogP contribution in [0.2, 0.25) is 0 Å². The van der Waals surface area contributed by atoms with Gasteiger partial charge in [0.15, 0.2) is 0 Å². The van der Waals surface area contributed by atoms with Gasteiger partial charge in [-0.1, -0.05) is 54.6 Å². The molecule has 3 aliphatic rings. The number of amides is 2. The Hall–Kier alpha value is -2.66. The highest BCUT2D eigenvalue weighted by atomic mass is 16.2. The lowest BCUT2D eigenvalue weighted by Crippen LogP contribution is -2.60. The molecule has 2 aliphatic heterocycles. The fourth-order valence-electron chi connectivity index (χ4n) is 5.63. The second-order valence-corrected chi connectivity index (χ2v) is 9.15. The van der Waals surface area contributed by atoms with Gasteiger partial charge in [-0.25, -0.2) is 0 Å². The van der Waals surface area contributed by atoms with E-state index in [0.29, 0.717) is 18.5 Å². The van der Waals surface area contributed by atoms with Gasteiger partial charge in [-0.3, -0.25) is 14.5 Å². The molecule has 2 aromatic carbocycles. The number of benzene rings is 2. The highest BCUT2D eigenvalue weighted by Crippen LogP contribution is 2.30. The number of rotatable bonds is 4. The van der Waals surface area contributed by atoms with Gasteiger partial charge in [0.1, 0.15) is 0 Å². The Kier molecular flexibility index (Phi) is 5.77. The second-order valence-electron chi connectivity index (χ2n) is 9.15. The SMILES string of the molecule is O=C1NCCN(C2Cc3ccccc3C2)[C@@H]1CC(=O)N1CCC(c2ccccc2)CC1. The average Bonchev–Trinajstić information content (AvgIpc) is 3.25. The molecule has 2 aromatic rings. The standard InChI is InChI=1S/C26H31N3O2/c30-25(28-13-10-20(11-14-28)19-6-2-1-3-7-19)18-24-26(31)27-12-15-29(24)23-16-21-8-4-5-9-22(21)17-23/h1-9,20,23-24H,10-18H2,(H,27,31)/t24-/m1/s1. The van der Waals surface area contributed by atoms with Crippen LogP contribution in [0.15, 0.2) is 54.6 Å². The minimum atomic E-state index is -0.354. The van der Waals surface area contributed by atoms with E-state index < -0.39 is 0 Å². The van der Waals surface area contributed by atoms with Gasteiger partial charge in [-0.05, 0) is 48.3 Å². The van der Waals surface area contributed by atoms with Crippen molar-refractivity contribution < 1.29 is 9.59 Å². The number of hydrogen-bond acceptors (Lipinski definition) is 3. The molecule has 5 heteroatoms. The number of likely N-dealkylation sites (tertiary alicyclic amines) is 1. The lowest BCUT2D eigenvalue weighted by molar-refractivity contribution is -0.140. The first-order valence-corrected chi connectivity index (χ1v) is 11.6. The molecule has 2 saturated heterocycles. The van der Waals surface area contributed by atoms with Gasteiger partial charge in [0.05, 0.1) is 12.5 Å². The third kappa shape index (κ3) is 4.24. The van der Waals surface area contributed by atoms with Crippen molar-refractivity contribution in [2.45, 2.75) is 50.1 Å². The van der Waals surface area contributed by atoms with Crippen molar-refractivity contribution in [3.63, 3.8) is 0 Å². The molecule has 1 N–H and O–H groups in total. The van der Waals surface area contributed by atoms with E-state index in [0.717, 1.165) is 45.3 Å². The number of piperidine rings is 1. The molecule has 0 aromatic heterocycles. The van der Waals surface area contributed by atoms with Crippen LogP contribution in [-0.2, 0) is 22.4 Å². The van der Waals surface area contributed by atoms with Crippen LogP contribution in [0.5, 0.6) is 0 Å². The number of fused-ring (bicyclic) bond motifs is 1. The van der Waals surface area contributed by atoms with Gasteiger partial charge in [0, 0.05) is 32.2 Å². The summed E-state index contributed by atoms with van der Waals surface area (Å²) in [6.07, 6.45) is 4.21. The molecule has 1 atom stereocenters. The molecule has 0 unspecified atom stereocenters. The monoisotopic (exact) mass is 417 g/mol. The predicted molar refractivity (Wildman–Crippen MR) is 121 cm³/mol. The molecular formula is C26H31N3O2. The van der Waals surface area contributed by atoms with Crippen molar-refractivity contribution in [2.75, 3.05) is 26.2 Å². The Morgan fingerprint density at radius 2 is 1.55 bits per heavy atom. The zero-order valence-corrected chi connectivity index (χ0v) is 18.0. The van der Waals surface area contributed by atoms with Gasteiger partial charge < -0.3 is 10.2 Å². The fourth-order valence-corrected chi connectivity index (χ4v) is 5.63. The third-order valence-electron chi connectivity index (χ3n) is 7.36. The van der Waals surface area contributed by atoms with Crippen molar-refractivity contribution in [1.82, 2.24) is 15.1 Å². The first-order valence-electron chi connectivity index (χ1n) is 11.6. The molecule has 2 fully saturated rings. The smallest absolute Gasteiger partial charge is 0.237 e. The summed E-state index contributed by atoms with van der Waals surface area (Å²) >= 11 is 0.